The first-order valence-corrected chi connectivity index (χ1v) is 11.6. The Bertz CT molecular complexity index is 1410. The van der Waals surface area contributed by atoms with Gasteiger partial charge >= 0.3 is 0 Å². The van der Waals surface area contributed by atoms with Crippen molar-refractivity contribution in [3.8, 4) is 17.2 Å². The van der Waals surface area contributed by atoms with Crippen LogP contribution >= 0.6 is 15.9 Å². The van der Waals surface area contributed by atoms with E-state index in [1.165, 1.54) is 0 Å². The molecule has 0 saturated carbocycles. The zero-order valence-corrected chi connectivity index (χ0v) is 20.1. The molecule has 0 spiro atoms. The minimum Gasteiger partial charge on any atom is -0.493 e. The second kappa shape index (κ2) is 8.22. The van der Waals surface area contributed by atoms with Crippen molar-refractivity contribution in [1.29, 1.82) is 0 Å². The van der Waals surface area contributed by atoms with E-state index >= 15 is 0 Å². The molecule has 7 nitrogen and oxygen atoms in total. The van der Waals surface area contributed by atoms with E-state index < -0.39 is 0 Å². The summed E-state index contributed by atoms with van der Waals surface area (Å²) in [6.45, 7) is 0. The summed E-state index contributed by atoms with van der Waals surface area (Å²) < 4.78 is 20.6. The summed E-state index contributed by atoms with van der Waals surface area (Å²) in [5.74, 6) is 2.81. The number of hydrogen-bond acceptors (Lipinski definition) is 6. The third kappa shape index (κ3) is 3.25. The zero-order chi connectivity index (χ0) is 23.2. The van der Waals surface area contributed by atoms with E-state index in [0.717, 1.165) is 38.2 Å². The zero-order valence-electron chi connectivity index (χ0n) is 18.5. The van der Waals surface area contributed by atoms with Crippen LogP contribution in [0.15, 0.2) is 83.1 Å². The molecule has 0 amide bonds. The van der Waals surface area contributed by atoms with Crippen molar-refractivity contribution in [1.82, 2.24) is 14.8 Å². The van der Waals surface area contributed by atoms with Gasteiger partial charge in [0.05, 0.1) is 19.9 Å². The molecule has 4 aromatic rings. The molecule has 1 N–H and O–H groups in total. The van der Waals surface area contributed by atoms with Crippen LogP contribution < -0.4 is 19.5 Å². The van der Waals surface area contributed by atoms with Crippen LogP contribution in [0.2, 0.25) is 0 Å². The average Bonchev–Trinajstić information content (AvgIpc) is 3.35. The third-order valence-electron chi connectivity index (χ3n) is 6.22. The second-order valence-electron chi connectivity index (χ2n) is 8.05. The lowest BCUT2D eigenvalue weighted by Gasteiger charge is -2.39. The van der Waals surface area contributed by atoms with Gasteiger partial charge in [-0.2, -0.15) is 10.1 Å². The Hall–Kier alpha value is -3.78. The maximum absolute atomic E-state index is 6.64. The lowest BCUT2D eigenvalue weighted by atomic mass is 9.84. The third-order valence-corrected chi connectivity index (χ3v) is 6.75. The molecule has 3 heterocycles. The summed E-state index contributed by atoms with van der Waals surface area (Å²) in [5.41, 5.74) is 5.05. The lowest BCUT2D eigenvalue weighted by Crippen LogP contribution is -2.32. The summed E-state index contributed by atoms with van der Waals surface area (Å²) in [4.78, 5) is 4.49. The summed E-state index contributed by atoms with van der Waals surface area (Å²) in [6, 6.07) is 21.9. The number of hydrogen-bond donors (Lipinski definition) is 1. The highest BCUT2D eigenvalue weighted by Gasteiger charge is 2.41. The Kier molecular flexibility index (Phi) is 5.03. The molecule has 0 unspecified atom stereocenters. The van der Waals surface area contributed by atoms with Crippen molar-refractivity contribution < 1.29 is 14.2 Å². The van der Waals surface area contributed by atoms with Gasteiger partial charge in [-0.15, -0.1) is 0 Å². The van der Waals surface area contributed by atoms with Gasteiger partial charge in [0.2, 0.25) is 5.95 Å². The molecule has 2 atom stereocenters. The lowest BCUT2D eigenvalue weighted by molar-refractivity contribution is 0.223. The Morgan fingerprint density at radius 1 is 0.941 bits per heavy atom. The molecule has 34 heavy (non-hydrogen) atoms. The predicted octanol–water partition coefficient (Wildman–Crippen LogP) is 5.62. The summed E-state index contributed by atoms with van der Waals surface area (Å²) >= 11 is 3.55. The fraction of sp³-hybridized carbons (Fsp3) is 0.154. The van der Waals surface area contributed by atoms with Crippen molar-refractivity contribution in [3.05, 3.63) is 99.8 Å². The first-order valence-electron chi connectivity index (χ1n) is 10.8. The van der Waals surface area contributed by atoms with E-state index in [0.29, 0.717) is 17.4 Å². The van der Waals surface area contributed by atoms with Gasteiger partial charge in [0, 0.05) is 15.6 Å². The van der Waals surface area contributed by atoms with Crippen molar-refractivity contribution >= 4 is 27.6 Å². The highest BCUT2D eigenvalue weighted by molar-refractivity contribution is 9.10. The van der Waals surface area contributed by atoms with Gasteiger partial charge in [-0.05, 0) is 47.5 Å². The van der Waals surface area contributed by atoms with E-state index in [2.05, 4.69) is 49.5 Å². The number of ether oxygens (including phenoxy) is 3. The smallest absolute Gasteiger partial charge is 0.226 e. The van der Waals surface area contributed by atoms with Crippen LogP contribution in [-0.2, 0) is 0 Å². The number of rotatable bonds is 4. The largest absolute Gasteiger partial charge is 0.493 e. The summed E-state index contributed by atoms with van der Waals surface area (Å²) in [5, 5.41) is 8.10. The van der Waals surface area contributed by atoms with Crippen LogP contribution in [0.1, 0.15) is 28.8 Å². The van der Waals surface area contributed by atoms with Crippen LogP contribution in [0, 0.1) is 0 Å². The normalized spacial score (nSPS) is 18.2. The molecule has 0 aliphatic carbocycles. The molecule has 3 aromatic carbocycles. The van der Waals surface area contributed by atoms with Gasteiger partial charge in [0.1, 0.15) is 24.2 Å². The average molecular weight is 517 g/mol. The predicted molar refractivity (Wildman–Crippen MR) is 132 cm³/mol. The SMILES string of the molecule is COc1ccc([C@@H]2C3=C(Nc4ncnn42)c2ccccc2O[C@H]3c2ccc(Br)cc2)cc1OC. The van der Waals surface area contributed by atoms with E-state index in [4.69, 9.17) is 14.2 Å². The molecular formula is C26H21BrN4O3. The van der Waals surface area contributed by atoms with Crippen LogP contribution in [0.25, 0.3) is 5.70 Å². The monoisotopic (exact) mass is 516 g/mol. The standard InChI is InChI=1S/C26H21BrN4O3/c1-32-20-12-9-16(13-21(20)33-2)24-22-23(30-26-28-14-29-31(24)26)18-5-3-4-6-19(18)34-25(22)15-7-10-17(27)11-8-15/h3-14,24-25H,1-2H3,(H,28,29,30)/t24-,25+/m1/s1. The molecule has 0 fully saturated rings. The van der Waals surface area contributed by atoms with Gasteiger partial charge < -0.3 is 19.5 Å². The van der Waals surface area contributed by atoms with E-state index in [9.17, 15) is 0 Å². The Morgan fingerprint density at radius 3 is 2.50 bits per heavy atom. The molecule has 0 bridgehead atoms. The van der Waals surface area contributed by atoms with Gasteiger partial charge in [-0.25, -0.2) is 4.68 Å². The molecule has 170 valence electrons. The van der Waals surface area contributed by atoms with Gasteiger partial charge in [-0.1, -0.05) is 46.3 Å². The van der Waals surface area contributed by atoms with Crippen LogP contribution in [0.3, 0.4) is 0 Å². The fourth-order valence-electron chi connectivity index (χ4n) is 4.67. The van der Waals surface area contributed by atoms with Crippen LogP contribution in [0.4, 0.5) is 5.95 Å². The maximum atomic E-state index is 6.64. The highest BCUT2D eigenvalue weighted by atomic mass is 79.9. The molecule has 2 aliphatic rings. The number of para-hydroxylation sites is 1. The molecular weight excluding hydrogens is 496 g/mol. The van der Waals surface area contributed by atoms with E-state index in [1.807, 2.05) is 53.2 Å². The first kappa shape index (κ1) is 20.8. The van der Waals surface area contributed by atoms with Gasteiger partial charge in [0.15, 0.2) is 11.5 Å². The quantitative estimate of drug-likeness (QED) is 0.379. The number of aromatic nitrogens is 3. The number of nitrogens with one attached hydrogen (secondary N) is 1. The number of methoxy groups -OCH3 is 2. The topological polar surface area (TPSA) is 70.4 Å². The number of halogens is 1. The van der Waals surface area contributed by atoms with Crippen molar-refractivity contribution in [2.24, 2.45) is 0 Å². The van der Waals surface area contributed by atoms with Crippen molar-refractivity contribution in [2.45, 2.75) is 12.1 Å². The van der Waals surface area contributed by atoms with Crippen LogP contribution in [0.5, 0.6) is 17.2 Å². The number of fused-ring (bicyclic) bond motifs is 3. The number of nitrogens with zero attached hydrogens (tertiary/aromatic N) is 3. The maximum Gasteiger partial charge on any atom is 0.226 e. The second-order valence-corrected chi connectivity index (χ2v) is 8.96. The van der Waals surface area contributed by atoms with Crippen LogP contribution in [-0.4, -0.2) is 29.0 Å². The molecule has 1 aromatic heterocycles. The molecule has 2 aliphatic heterocycles. The number of anilines is 1. The van der Waals surface area contributed by atoms with E-state index in [1.54, 1.807) is 20.5 Å². The van der Waals surface area contributed by atoms with Crippen molar-refractivity contribution in [3.63, 3.8) is 0 Å². The molecule has 6 rings (SSSR count). The fourth-order valence-corrected chi connectivity index (χ4v) is 4.94. The van der Waals surface area contributed by atoms with Gasteiger partial charge in [-0.3, -0.25) is 0 Å². The van der Waals surface area contributed by atoms with Crippen molar-refractivity contribution in [2.75, 3.05) is 19.5 Å². The Morgan fingerprint density at radius 2 is 1.71 bits per heavy atom. The first-order chi connectivity index (χ1) is 16.7. The summed E-state index contributed by atoms with van der Waals surface area (Å²) in [6.07, 6.45) is 1.23. The molecule has 0 radical (unpaired) electrons. The summed E-state index contributed by atoms with van der Waals surface area (Å²) in [7, 11) is 3.27. The minimum absolute atomic E-state index is 0.268. The Labute approximate surface area is 205 Å². The number of benzene rings is 3. The molecule has 0 saturated heterocycles. The minimum atomic E-state index is -0.332. The van der Waals surface area contributed by atoms with E-state index in [-0.39, 0.29) is 12.1 Å². The Balaban J connectivity index is 1.61. The molecule has 8 heteroatoms. The van der Waals surface area contributed by atoms with Gasteiger partial charge in [0.25, 0.3) is 0 Å². The highest BCUT2D eigenvalue weighted by Crippen LogP contribution is 2.51.